The van der Waals surface area contributed by atoms with Crippen molar-refractivity contribution in [1.29, 1.82) is 0 Å². The fourth-order valence-corrected chi connectivity index (χ4v) is 5.98. The fraction of sp³-hybridized carbons (Fsp3) is 0.320. The summed E-state index contributed by atoms with van der Waals surface area (Å²) in [5, 5.41) is 14.7. The van der Waals surface area contributed by atoms with Crippen LogP contribution in [0.5, 0.6) is 5.75 Å². The molecule has 2 aromatic heterocycles. The average molecular weight is 512 g/mol. The molecule has 0 aliphatic carbocycles. The zero-order chi connectivity index (χ0) is 22.1. The molecule has 5 rings (SSSR count). The molecule has 1 aliphatic heterocycles. The molecule has 5 nitrogen and oxygen atoms in total. The highest BCUT2D eigenvalue weighted by molar-refractivity contribution is 9.10. The summed E-state index contributed by atoms with van der Waals surface area (Å²) >= 11 is 5.35. The number of thiophene rings is 1. The number of nitrogens with zero attached hydrogens (tertiary/aromatic N) is 3. The molecule has 1 N–H and O–H groups in total. The lowest BCUT2D eigenvalue weighted by Gasteiger charge is -2.36. The van der Waals surface area contributed by atoms with Crippen LogP contribution in [0.1, 0.15) is 12.8 Å². The number of fused-ring (bicyclic) bond motifs is 2. The molecule has 166 valence electrons. The van der Waals surface area contributed by atoms with E-state index in [1.54, 1.807) is 34.1 Å². The van der Waals surface area contributed by atoms with Gasteiger partial charge in [0.25, 0.3) is 5.56 Å². The number of pyridine rings is 1. The van der Waals surface area contributed by atoms with E-state index < -0.39 is 0 Å². The van der Waals surface area contributed by atoms with Gasteiger partial charge in [0, 0.05) is 48.5 Å². The predicted octanol–water partition coefficient (Wildman–Crippen LogP) is 5.29. The van der Waals surface area contributed by atoms with Gasteiger partial charge in [-0.1, -0.05) is 12.1 Å². The number of anilines is 1. The van der Waals surface area contributed by atoms with Crippen LogP contribution in [0, 0.1) is 0 Å². The average Bonchev–Trinajstić information content (AvgIpc) is 3.29. The Labute approximate surface area is 199 Å². The Kier molecular flexibility index (Phi) is 6.22. The van der Waals surface area contributed by atoms with Crippen molar-refractivity contribution in [2.45, 2.75) is 19.4 Å². The molecule has 0 radical (unpaired) electrons. The highest BCUT2D eigenvalue weighted by atomic mass is 79.9. The number of phenolic OH excluding ortho intramolecular Hbond substituents is 1. The van der Waals surface area contributed by atoms with Gasteiger partial charge >= 0.3 is 0 Å². The number of aromatic hydroxyl groups is 1. The first-order chi connectivity index (χ1) is 15.6. The van der Waals surface area contributed by atoms with Crippen molar-refractivity contribution in [2.24, 2.45) is 0 Å². The maximum absolute atomic E-state index is 12.8. The third kappa shape index (κ3) is 4.29. The standard InChI is InChI=1S/C25H26BrN3O2S/c26-24-16-18-6-7-19(30)17-21(18)25(31)29(24)10-2-1-9-27-11-13-28(14-12-27)22-4-3-5-23-20(22)8-15-32-23/h3-8,15-17,30H,1-2,9-14H2. The smallest absolute Gasteiger partial charge is 0.259 e. The van der Waals surface area contributed by atoms with Crippen molar-refractivity contribution >= 4 is 53.8 Å². The van der Waals surface area contributed by atoms with E-state index in [4.69, 9.17) is 0 Å². The first-order valence-electron chi connectivity index (χ1n) is 11.1. The van der Waals surface area contributed by atoms with Crippen LogP contribution in [0.4, 0.5) is 5.69 Å². The Morgan fingerprint density at radius 2 is 1.75 bits per heavy atom. The Hall–Kier alpha value is -2.35. The molecule has 1 saturated heterocycles. The largest absolute Gasteiger partial charge is 0.508 e. The van der Waals surface area contributed by atoms with E-state index in [1.165, 1.54) is 15.8 Å². The molecule has 0 saturated carbocycles. The van der Waals surface area contributed by atoms with Crippen molar-refractivity contribution in [2.75, 3.05) is 37.6 Å². The third-order valence-electron chi connectivity index (χ3n) is 6.34. The van der Waals surface area contributed by atoms with Crippen LogP contribution < -0.4 is 10.5 Å². The maximum Gasteiger partial charge on any atom is 0.259 e. The van der Waals surface area contributed by atoms with Crippen LogP contribution in [0.15, 0.2) is 63.3 Å². The van der Waals surface area contributed by atoms with Gasteiger partial charge in [0.05, 0.1) is 9.99 Å². The van der Waals surface area contributed by atoms with Crippen LogP contribution in [-0.2, 0) is 6.54 Å². The SMILES string of the molecule is O=c1c2cc(O)ccc2cc(Br)n1CCCCN1CCN(c2cccc3sccc23)CC1. The number of unbranched alkanes of at least 4 members (excludes halogenated alkanes) is 1. The van der Waals surface area contributed by atoms with Crippen molar-refractivity contribution in [3.63, 3.8) is 0 Å². The first kappa shape index (κ1) is 21.5. The monoisotopic (exact) mass is 511 g/mol. The molecule has 0 bridgehead atoms. The molecule has 2 aromatic carbocycles. The van der Waals surface area contributed by atoms with E-state index in [9.17, 15) is 9.90 Å². The molecule has 32 heavy (non-hydrogen) atoms. The summed E-state index contributed by atoms with van der Waals surface area (Å²) in [4.78, 5) is 17.9. The quantitative estimate of drug-likeness (QED) is 0.282. The van der Waals surface area contributed by atoms with Gasteiger partial charge in [0.1, 0.15) is 5.75 Å². The number of benzene rings is 2. The molecule has 7 heteroatoms. The molecule has 1 aliphatic rings. The number of hydrogen-bond donors (Lipinski definition) is 1. The van der Waals surface area contributed by atoms with E-state index in [1.807, 2.05) is 6.07 Å². The van der Waals surface area contributed by atoms with Gasteiger partial charge in [0.2, 0.25) is 0 Å². The Balaban J connectivity index is 1.15. The normalized spacial score (nSPS) is 15.1. The van der Waals surface area contributed by atoms with Crippen molar-refractivity contribution in [3.05, 3.63) is 68.9 Å². The minimum atomic E-state index is -0.0542. The fourth-order valence-electron chi connectivity index (χ4n) is 4.58. The zero-order valence-corrected chi connectivity index (χ0v) is 20.2. The molecule has 1 fully saturated rings. The summed E-state index contributed by atoms with van der Waals surface area (Å²) in [5.41, 5.74) is 1.30. The number of phenols is 1. The van der Waals surface area contributed by atoms with Gasteiger partial charge in [-0.3, -0.25) is 9.69 Å². The van der Waals surface area contributed by atoms with Gasteiger partial charge in [-0.25, -0.2) is 0 Å². The topological polar surface area (TPSA) is 48.7 Å². The van der Waals surface area contributed by atoms with Crippen molar-refractivity contribution in [3.8, 4) is 5.75 Å². The van der Waals surface area contributed by atoms with E-state index in [0.717, 1.165) is 55.6 Å². The van der Waals surface area contributed by atoms with Crippen LogP contribution >= 0.6 is 27.3 Å². The van der Waals surface area contributed by atoms with Crippen LogP contribution in [0.3, 0.4) is 0 Å². The molecule has 0 atom stereocenters. The molecular formula is C25H26BrN3O2S. The predicted molar refractivity (Wildman–Crippen MR) is 137 cm³/mol. The summed E-state index contributed by atoms with van der Waals surface area (Å²) < 4.78 is 3.91. The Morgan fingerprint density at radius 3 is 2.59 bits per heavy atom. The molecular weight excluding hydrogens is 486 g/mol. The molecule has 0 spiro atoms. The second-order valence-corrected chi connectivity index (χ2v) is 10.1. The number of hydrogen-bond acceptors (Lipinski definition) is 5. The number of piperazine rings is 1. The van der Waals surface area contributed by atoms with Crippen LogP contribution in [0.25, 0.3) is 20.9 Å². The second-order valence-electron chi connectivity index (χ2n) is 8.34. The molecule has 0 unspecified atom stereocenters. The highest BCUT2D eigenvalue weighted by Gasteiger charge is 2.18. The Morgan fingerprint density at radius 1 is 0.938 bits per heavy atom. The van der Waals surface area contributed by atoms with Gasteiger partial charge < -0.3 is 14.6 Å². The molecule has 0 amide bonds. The lowest BCUT2D eigenvalue weighted by atomic mass is 10.1. The zero-order valence-electron chi connectivity index (χ0n) is 17.8. The van der Waals surface area contributed by atoms with Crippen LogP contribution in [-0.4, -0.2) is 47.3 Å². The summed E-state index contributed by atoms with van der Waals surface area (Å²) in [6.45, 7) is 5.96. The minimum absolute atomic E-state index is 0.0542. The van der Waals surface area contributed by atoms with E-state index in [0.29, 0.717) is 11.9 Å². The summed E-state index contributed by atoms with van der Waals surface area (Å²) in [6.07, 6.45) is 1.99. The third-order valence-corrected chi connectivity index (χ3v) is 7.88. The van der Waals surface area contributed by atoms with Gasteiger partial charge in [-0.15, -0.1) is 11.3 Å². The first-order valence-corrected chi connectivity index (χ1v) is 12.7. The van der Waals surface area contributed by atoms with Crippen LogP contribution in [0.2, 0.25) is 0 Å². The minimum Gasteiger partial charge on any atom is -0.508 e. The lowest BCUT2D eigenvalue weighted by molar-refractivity contribution is 0.251. The van der Waals surface area contributed by atoms with Crippen molar-refractivity contribution < 1.29 is 5.11 Å². The van der Waals surface area contributed by atoms with Crippen molar-refractivity contribution in [1.82, 2.24) is 9.47 Å². The van der Waals surface area contributed by atoms with E-state index >= 15 is 0 Å². The van der Waals surface area contributed by atoms with Gasteiger partial charge in [0.15, 0.2) is 0 Å². The Bertz CT molecular complexity index is 1310. The van der Waals surface area contributed by atoms with E-state index in [-0.39, 0.29) is 11.3 Å². The molecule has 3 heterocycles. The highest BCUT2D eigenvalue weighted by Crippen LogP contribution is 2.31. The number of aromatic nitrogens is 1. The maximum atomic E-state index is 12.8. The summed E-state index contributed by atoms with van der Waals surface area (Å²) in [6, 6.07) is 15.7. The van der Waals surface area contributed by atoms with Gasteiger partial charge in [-0.2, -0.15) is 0 Å². The summed E-state index contributed by atoms with van der Waals surface area (Å²) in [5.74, 6) is 0.123. The summed E-state index contributed by atoms with van der Waals surface area (Å²) in [7, 11) is 0. The number of halogens is 1. The lowest BCUT2D eigenvalue weighted by Crippen LogP contribution is -2.46. The van der Waals surface area contributed by atoms with Gasteiger partial charge in [-0.05, 0) is 82.5 Å². The molecule has 4 aromatic rings. The van der Waals surface area contributed by atoms with E-state index in [2.05, 4.69) is 55.4 Å². The number of rotatable bonds is 6. The second kappa shape index (κ2) is 9.25.